The maximum Gasteiger partial charge on any atom is 0.338 e. The van der Waals surface area contributed by atoms with Crippen LogP contribution in [0.2, 0.25) is 0 Å². The van der Waals surface area contributed by atoms with Crippen molar-refractivity contribution < 1.29 is 23.1 Å². The Morgan fingerprint density at radius 1 is 1.07 bits per heavy atom. The lowest BCUT2D eigenvalue weighted by molar-refractivity contribution is -0.161. The minimum absolute atomic E-state index is 0.0828. The number of nitriles is 1. The summed E-state index contributed by atoms with van der Waals surface area (Å²) in [5.41, 5.74) is 2.34. The monoisotopic (exact) mass is 570 g/mol. The number of pyridine rings is 1. The first kappa shape index (κ1) is 28.6. The Bertz CT molecular complexity index is 1590. The minimum atomic E-state index is -3.76. The number of hydrogen-bond donors (Lipinski definition) is 1. The number of benzene rings is 2. The molecule has 1 aromatic heterocycles. The zero-order valence-corrected chi connectivity index (χ0v) is 23.9. The van der Waals surface area contributed by atoms with Crippen LogP contribution in [0.15, 0.2) is 89.3 Å². The van der Waals surface area contributed by atoms with Gasteiger partial charge in [-0.15, -0.1) is 0 Å². The van der Waals surface area contributed by atoms with Crippen LogP contribution in [0.1, 0.15) is 73.6 Å². The van der Waals surface area contributed by atoms with Crippen molar-refractivity contribution in [1.82, 2.24) is 4.98 Å². The summed E-state index contributed by atoms with van der Waals surface area (Å²) in [7, 11) is -3.76. The Hall–Kier alpha value is -3.96. The fourth-order valence-electron chi connectivity index (χ4n) is 5.89. The predicted molar refractivity (Wildman–Crippen MR) is 155 cm³/mol. The van der Waals surface area contributed by atoms with Crippen molar-refractivity contribution in [1.29, 1.82) is 5.26 Å². The van der Waals surface area contributed by atoms with Gasteiger partial charge in [0.1, 0.15) is 17.4 Å². The van der Waals surface area contributed by atoms with E-state index in [1.165, 1.54) is 18.3 Å². The van der Waals surface area contributed by atoms with Crippen molar-refractivity contribution >= 4 is 15.8 Å². The van der Waals surface area contributed by atoms with Gasteiger partial charge >= 0.3 is 5.97 Å². The van der Waals surface area contributed by atoms with E-state index in [4.69, 9.17) is 10.00 Å². The molecule has 3 aromatic rings. The van der Waals surface area contributed by atoms with Crippen LogP contribution in [-0.2, 0) is 31.5 Å². The fraction of sp³-hybridized carbons (Fsp3) is 0.364. The third-order valence-corrected chi connectivity index (χ3v) is 9.59. The number of nitrogens with zero attached hydrogens (tertiary/aromatic N) is 2. The first-order valence-corrected chi connectivity index (χ1v) is 15.8. The Labute approximate surface area is 241 Å². The lowest BCUT2D eigenvalue weighted by Crippen LogP contribution is -2.42. The van der Waals surface area contributed by atoms with Gasteiger partial charge in [-0.05, 0) is 66.8 Å². The van der Waals surface area contributed by atoms with Crippen LogP contribution in [0.25, 0.3) is 0 Å². The number of esters is 1. The van der Waals surface area contributed by atoms with E-state index in [-0.39, 0.29) is 40.4 Å². The Balaban J connectivity index is 1.41. The predicted octanol–water partition coefficient (Wildman–Crippen LogP) is 6.35. The summed E-state index contributed by atoms with van der Waals surface area (Å²) in [6.45, 7) is 2.05. The maximum atomic E-state index is 13.6. The topological polar surface area (TPSA) is 117 Å². The first-order chi connectivity index (χ1) is 19.7. The molecule has 212 valence electrons. The third-order valence-electron chi connectivity index (χ3n) is 8.00. The highest BCUT2D eigenvalue weighted by molar-refractivity contribution is 7.90. The van der Waals surface area contributed by atoms with Gasteiger partial charge in [0.25, 0.3) is 0 Å². The molecular weight excluding hydrogens is 536 g/mol. The molecule has 0 radical (unpaired) electrons. The fourth-order valence-corrected chi connectivity index (χ4v) is 7.15. The van der Waals surface area contributed by atoms with Crippen LogP contribution in [0.3, 0.4) is 0 Å². The van der Waals surface area contributed by atoms with Crippen molar-refractivity contribution in [2.75, 3.05) is 0 Å². The van der Waals surface area contributed by atoms with Gasteiger partial charge < -0.3 is 9.84 Å². The number of aliphatic hydroxyl groups is 1. The number of ether oxygens (including phenoxy) is 1. The molecule has 2 aromatic carbocycles. The van der Waals surface area contributed by atoms with Crippen LogP contribution in [0.4, 0.5) is 0 Å². The van der Waals surface area contributed by atoms with E-state index >= 15 is 0 Å². The van der Waals surface area contributed by atoms with Crippen molar-refractivity contribution in [2.45, 2.75) is 74.2 Å². The van der Waals surface area contributed by atoms with Crippen LogP contribution in [0, 0.1) is 17.2 Å². The molecule has 1 aliphatic heterocycles. The quantitative estimate of drug-likeness (QED) is 0.267. The zero-order valence-electron chi connectivity index (χ0n) is 23.1. The Morgan fingerprint density at radius 3 is 2.46 bits per heavy atom. The number of aryl methyl sites for hydroxylation is 1. The molecule has 5 rings (SSSR count). The van der Waals surface area contributed by atoms with Gasteiger partial charge in [0.05, 0.1) is 16.9 Å². The summed E-state index contributed by atoms with van der Waals surface area (Å²) >= 11 is 0. The van der Waals surface area contributed by atoms with Crippen molar-refractivity contribution in [3.8, 4) is 6.07 Å². The smallest absolute Gasteiger partial charge is 0.338 e. The van der Waals surface area contributed by atoms with Crippen LogP contribution in [-0.4, -0.2) is 30.1 Å². The molecule has 7 nitrogen and oxygen atoms in total. The Morgan fingerprint density at radius 2 is 1.83 bits per heavy atom. The number of cyclic esters (lactones) is 1. The van der Waals surface area contributed by atoms with E-state index in [0.29, 0.717) is 24.0 Å². The molecule has 41 heavy (non-hydrogen) atoms. The number of rotatable bonds is 11. The van der Waals surface area contributed by atoms with Gasteiger partial charge in [-0.3, -0.25) is 0 Å². The summed E-state index contributed by atoms with van der Waals surface area (Å²) < 4.78 is 32.3. The lowest BCUT2D eigenvalue weighted by Gasteiger charge is -2.39. The summed E-state index contributed by atoms with van der Waals surface area (Å²) in [6.07, 6.45) is 6.20. The standard InChI is InChI=1S/C33H34N2O5S/c1-2-16-33(17-15-23-7-4-3-5-8-23)19-28(36)31(32(37)40-33)30(26-12-13-26)27-10-6-9-24(18-27)22-41(38,39)29-14-11-25(20-34)21-35-29/h3-11,14,18,21,26,30,36H,2,12-13,15-17,19,22H2,1H3. The molecule has 1 aliphatic carbocycles. The molecule has 0 amide bonds. The average Bonchev–Trinajstić information content (AvgIpc) is 3.80. The molecule has 1 fully saturated rings. The van der Waals surface area contributed by atoms with E-state index in [1.807, 2.05) is 37.3 Å². The largest absolute Gasteiger partial charge is 0.512 e. The van der Waals surface area contributed by atoms with E-state index in [9.17, 15) is 18.3 Å². The van der Waals surface area contributed by atoms with Gasteiger partial charge in [-0.25, -0.2) is 18.2 Å². The van der Waals surface area contributed by atoms with Crippen LogP contribution < -0.4 is 0 Å². The normalized spacial score (nSPS) is 19.9. The van der Waals surface area contributed by atoms with E-state index in [1.54, 1.807) is 18.2 Å². The van der Waals surface area contributed by atoms with Gasteiger partial charge in [-0.2, -0.15) is 5.26 Å². The van der Waals surface area contributed by atoms with Crippen molar-refractivity contribution in [3.05, 3.63) is 107 Å². The molecule has 2 aliphatic rings. The zero-order chi connectivity index (χ0) is 29.0. The highest BCUT2D eigenvalue weighted by Gasteiger charge is 2.47. The molecule has 0 spiro atoms. The first-order valence-electron chi connectivity index (χ1n) is 14.1. The summed E-state index contributed by atoms with van der Waals surface area (Å²) in [6, 6.07) is 22.0. The van der Waals surface area contributed by atoms with Crippen LogP contribution >= 0.6 is 0 Å². The highest BCUT2D eigenvalue weighted by atomic mass is 32.2. The molecule has 1 saturated carbocycles. The van der Waals surface area contributed by atoms with Gasteiger partial charge in [0.15, 0.2) is 14.9 Å². The maximum absolute atomic E-state index is 13.6. The highest BCUT2D eigenvalue weighted by Crippen LogP contribution is 2.50. The second-order valence-corrected chi connectivity index (χ2v) is 13.1. The number of aliphatic hydroxyl groups excluding tert-OH is 1. The van der Waals surface area contributed by atoms with E-state index in [2.05, 4.69) is 17.1 Å². The second-order valence-electron chi connectivity index (χ2n) is 11.2. The molecule has 2 heterocycles. The van der Waals surface area contributed by atoms with Gasteiger partial charge in [-0.1, -0.05) is 67.9 Å². The molecule has 8 heteroatoms. The number of aromatic nitrogens is 1. The van der Waals surface area contributed by atoms with Gasteiger partial charge in [0, 0.05) is 18.5 Å². The minimum Gasteiger partial charge on any atom is -0.512 e. The molecule has 0 saturated heterocycles. The van der Waals surface area contributed by atoms with E-state index < -0.39 is 21.4 Å². The average molecular weight is 571 g/mol. The number of sulfone groups is 1. The number of hydrogen-bond acceptors (Lipinski definition) is 7. The summed E-state index contributed by atoms with van der Waals surface area (Å²) in [5.74, 6) is -0.862. The van der Waals surface area contributed by atoms with Crippen molar-refractivity contribution in [3.63, 3.8) is 0 Å². The number of carbonyl (C=O) groups is 1. The van der Waals surface area contributed by atoms with E-state index in [0.717, 1.165) is 36.8 Å². The van der Waals surface area contributed by atoms with Gasteiger partial charge in [0.2, 0.25) is 0 Å². The molecule has 1 N–H and O–H groups in total. The van der Waals surface area contributed by atoms with Crippen LogP contribution in [0.5, 0.6) is 0 Å². The molecule has 2 atom stereocenters. The van der Waals surface area contributed by atoms with Crippen molar-refractivity contribution in [2.24, 2.45) is 5.92 Å². The molecule has 2 unspecified atom stereocenters. The summed E-state index contributed by atoms with van der Waals surface area (Å²) in [5, 5.41) is 20.3. The molecule has 0 bridgehead atoms. The molecular formula is C33H34N2O5S. The third kappa shape index (κ3) is 6.52. The second kappa shape index (κ2) is 11.9. The summed E-state index contributed by atoms with van der Waals surface area (Å²) in [4.78, 5) is 17.6. The lowest BCUT2D eigenvalue weighted by atomic mass is 9.79. The Kier molecular flexibility index (Phi) is 8.27. The number of carbonyl (C=O) groups excluding carboxylic acids is 1. The SMILES string of the molecule is CCCC1(CCc2ccccc2)CC(O)=C(C(c2cccc(CS(=O)(=O)c3ccc(C#N)cn3)c2)C2CC2)C(=O)O1.